The zero-order valence-corrected chi connectivity index (χ0v) is 20.8. The van der Waals surface area contributed by atoms with Gasteiger partial charge in [-0.1, -0.05) is 41.4 Å². The SMILES string of the molecule is Cc1ccc(CS(=O)(=O)NCCCC[N+](C)(C)CCNC(=O)c2nc(Cl)c(N)nc2N)cc1. The van der Waals surface area contributed by atoms with Crippen molar-refractivity contribution >= 4 is 39.2 Å². The minimum Gasteiger partial charge on any atom is -0.382 e. The van der Waals surface area contributed by atoms with Crippen LogP contribution in [0.2, 0.25) is 5.15 Å². The average Bonchev–Trinajstić information content (AvgIpc) is 2.71. The van der Waals surface area contributed by atoms with Crippen molar-refractivity contribution in [2.75, 3.05) is 51.7 Å². The molecular formula is C21H33ClN7O3S+. The first kappa shape index (κ1) is 26.8. The zero-order valence-electron chi connectivity index (χ0n) is 19.3. The highest BCUT2D eigenvalue weighted by Crippen LogP contribution is 2.17. The predicted molar refractivity (Wildman–Crippen MR) is 131 cm³/mol. The Morgan fingerprint density at radius 3 is 2.36 bits per heavy atom. The van der Waals surface area contributed by atoms with E-state index < -0.39 is 15.9 Å². The van der Waals surface area contributed by atoms with Gasteiger partial charge in [0.05, 0.1) is 39.5 Å². The lowest BCUT2D eigenvalue weighted by atomic mass is 10.2. The van der Waals surface area contributed by atoms with Crippen molar-refractivity contribution < 1.29 is 17.7 Å². The maximum Gasteiger partial charge on any atom is 0.273 e. The van der Waals surface area contributed by atoms with E-state index in [2.05, 4.69) is 20.0 Å². The van der Waals surface area contributed by atoms with Crippen molar-refractivity contribution in [3.05, 3.63) is 46.2 Å². The van der Waals surface area contributed by atoms with E-state index in [-0.39, 0.29) is 28.2 Å². The molecule has 1 heterocycles. The van der Waals surface area contributed by atoms with Gasteiger partial charge in [-0.2, -0.15) is 0 Å². The van der Waals surface area contributed by atoms with Gasteiger partial charge in [-0.05, 0) is 25.3 Å². The third-order valence-electron chi connectivity index (χ3n) is 5.11. The molecule has 182 valence electrons. The van der Waals surface area contributed by atoms with E-state index in [0.29, 0.717) is 24.1 Å². The summed E-state index contributed by atoms with van der Waals surface area (Å²) in [7, 11) is 0.723. The predicted octanol–water partition coefficient (Wildman–Crippen LogP) is 1.31. The number of nitrogens with one attached hydrogen (secondary N) is 2. The molecule has 1 amide bonds. The first-order chi connectivity index (χ1) is 15.4. The molecular weight excluding hydrogens is 466 g/mol. The molecule has 0 fully saturated rings. The number of aromatic nitrogens is 2. The number of anilines is 2. The molecule has 12 heteroatoms. The number of nitrogen functional groups attached to an aromatic ring is 2. The number of hydrogen-bond acceptors (Lipinski definition) is 7. The summed E-state index contributed by atoms with van der Waals surface area (Å²) >= 11 is 5.81. The van der Waals surface area contributed by atoms with Crippen molar-refractivity contribution in [1.29, 1.82) is 0 Å². The van der Waals surface area contributed by atoms with E-state index >= 15 is 0 Å². The molecule has 0 bridgehead atoms. The normalized spacial score (nSPS) is 12.0. The van der Waals surface area contributed by atoms with Crippen LogP contribution >= 0.6 is 11.6 Å². The highest BCUT2D eigenvalue weighted by atomic mass is 35.5. The van der Waals surface area contributed by atoms with Crippen molar-refractivity contribution in [2.24, 2.45) is 0 Å². The fourth-order valence-corrected chi connectivity index (χ4v) is 4.44. The zero-order chi connectivity index (χ0) is 24.6. The number of likely N-dealkylation sites (N-methyl/N-ethyl adjacent to an activating group) is 1. The monoisotopic (exact) mass is 498 g/mol. The molecule has 0 aliphatic heterocycles. The Bertz CT molecular complexity index is 1060. The Balaban J connectivity index is 1.68. The number of halogens is 1. The fourth-order valence-electron chi connectivity index (χ4n) is 3.12. The Labute approximate surface area is 200 Å². The smallest absolute Gasteiger partial charge is 0.273 e. The molecule has 33 heavy (non-hydrogen) atoms. The summed E-state index contributed by atoms with van der Waals surface area (Å²) in [5, 5.41) is 2.69. The number of rotatable bonds is 12. The standard InChI is InChI=1S/C21H32ClN7O3S/c1-15-6-8-16(9-7-15)14-33(31,32)26-10-4-5-12-29(2,3)13-11-25-21(30)17-19(23)28-20(24)18(22)27-17/h6-9,26H,4-5,10-14H2,1-3H3,(H4-,23,24,25,28,30)/p+1. The van der Waals surface area contributed by atoms with Gasteiger partial charge >= 0.3 is 0 Å². The van der Waals surface area contributed by atoms with Crippen LogP contribution in [-0.2, 0) is 15.8 Å². The number of quaternary nitrogens is 1. The van der Waals surface area contributed by atoms with E-state index in [0.717, 1.165) is 30.5 Å². The second-order valence-corrected chi connectivity index (χ2v) is 10.8. The molecule has 0 spiro atoms. The number of nitrogens with zero attached hydrogens (tertiary/aromatic N) is 3. The van der Waals surface area contributed by atoms with E-state index in [1.54, 1.807) is 0 Å². The molecule has 0 radical (unpaired) electrons. The molecule has 6 N–H and O–H groups in total. The number of hydrogen-bond donors (Lipinski definition) is 4. The van der Waals surface area contributed by atoms with E-state index in [1.807, 2.05) is 45.3 Å². The summed E-state index contributed by atoms with van der Waals surface area (Å²) in [6.45, 7) is 4.25. The third-order valence-corrected chi connectivity index (χ3v) is 6.75. The average molecular weight is 499 g/mol. The molecule has 0 saturated carbocycles. The van der Waals surface area contributed by atoms with Crippen LogP contribution in [0.4, 0.5) is 11.6 Å². The van der Waals surface area contributed by atoms with Gasteiger partial charge in [0.2, 0.25) is 10.0 Å². The largest absolute Gasteiger partial charge is 0.382 e. The lowest BCUT2D eigenvalue weighted by molar-refractivity contribution is -0.889. The Morgan fingerprint density at radius 2 is 1.70 bits per heavy atom. The van der Waals surface area contributed by atoms with E-state index in [1.165, 1.54) is 0 Å². The Hall–Kier alpha value is -2.47. The minimum atomic E-state index is -3.36. The number of amides is 1. The van der Waals surface area contributed by atoms with Crippen LogP contribution in [0.5, 0.6) is 0 Å². The van der Waals surface area contributed by atoms with Gasteiger partial charge in [0.1, 0.15) is 0 Å². The Kier molecular flexibility index (Phi) is 9.41. The van der Waals surface area contributed by atoms with Crippen molar-refractivity contribution in [2.45, 2.75) is 25.5 Å². The number of carbonyl (C=O) groups is 1. The van der Waals surface area contributed by atoms with Crippen molar-refractivity contribution in [3.8, 4) is 0 Å². The summed E-state index contributed by atoms with van der Waals surface area (Å²) in [4.78, 5) is 20.0. The van der Waals surface area contributed by atoms with Crippen LogP contribution in [0.15, 0.2) is 24.3 Å². The second-order valence-electron chi connectivity index (χ2n) is 8.62. The first-order valence-corrected chi connectivity index (χ1v) is 12.6. The van der Waals surface area contributed by atoms with Crippen molar-refractivity contribution in [1.82, 2.24) is 20.0 Å². The van der Waals surface area contributed by atoms with Gasteiger partial charge in [-0.25, -0.2) is 23.1 Å². The van der Waals surface area contributed by atoms with Crippen LogP contribution in [-0.4, -0.2) is 69.1 Å². The summed E-state index contributed by atoms with van der Waals surface area (Å²) < 4.78 is 27.8. The topological polar surface area (TPSA) is 153 Å². The molecule has 0 aliphatic rings. The quantitative estimate of drug-likeness (QED) is 0.254. The highest BCUT2D eigenvalue weighted by Gasteiger charge is 2.19. The summed E-state index contributed by atoms with van der Waals surface area (Å²) in [6.07, 6.45) is 1.55. The molecule has 0 atom stereocenters. The minimum absolute atomic E-state index is 0.0252. The molecule has 0 aliphatic carbocycles. The second kappa shape index (κ2) is 11.6. The summed E-state index contributed by atoms with van der Waals surface area (Å²) in [6, 6.07) is 7.47. The van der Waals surface area contributed by atoms with Crippen LogP contribution in [0.3, 0.4) is 0 Å². The van der Waals surface area contributed by atoms with Crippen LogP contribution in [0.25, 0.3) is 0 Å². The van der Waals surface area contributed by atoms with Gasteiger partial charge in [-0.3, -0.25) is 4.79 Å². The maximum atomic E-state index is 12.3. The van der Waals surface area contributed by atoms with Crippen LogP contribution < -0.4 is 21.5 Å². The molecule has 0 saturated heterocycles. The fraction of sp³-hybridized carbons (Fsp3) is 0.476. The molecule has 1 aromatic carbocycles. The van der Waals surface area contributed by atoms with Gasteiger partial charge in [-0.15, -0.1) is 0 Å². The number of nitrogens with two attached hydrogens (primary N) is 2. The molecule has 10 nitrogen and oxygen atoms in total. The lowest BCUT2D eigenvalue weighted by Crippen LogP contribution is -2.46. The van der Waals surface area contributed by atoms with Gasteiger partial charge in [0, 0.05) is 6.54 Å². The molecule has 2 rings (SSSR count). The number of sulfonamides is 1. The maximum absolute atomic E-state index is 12.3. The lowest BCUT2D eigenvalue weighted by Gasteiger charge is -2.30. The van der Waals surface area contributed by atoms with Gasteiger partial charge < -0.3 is 21.3 Å². The first-order valence-electron chi connectivity index (χ1n) is 10.6. The molecule has 2 aromatic rings. The van der Waals surface area contributed by atoms with Crippen LogP contribution in [0.1, 0.15) is 34.5 Å². The summed E-state index contributed by atoms with van der Waals surface area (Å²) in [5.41, 5.74) is 13.0. The third kappa shape index (κ3) is 9.12. The van der Waals surface area contributed by atoms with Gasteiger partial charge in [0.15, 0.2) is 22.5 Å². The molecule has 1 aromatic heterocycles. The highest BCUT2D eigenvalue weighted by molar-refractivity contribution is 7.88. The van der Waals surface area contributed by atoms with Gasteiger partial charge in [0.25, 0.3) is 5.91 Å². The van der Waals surface area contributed by atoms with E-state index in [9.17, 15) is 13.2 Å². The molecule has 0 unspecified atom stereocenters. The number of carbonyl (C=O) groups excluding carboxylic acids is 1. The Morgan fingerprint density at radius 1 is 1.03 bits per heavy atom. The number of benzene rings is 1. The van der Waals surface area contributed by atoms with E-state index in [4.69, 9.17) is 23.1 Å². The van der Waals surface area contributed by atoms with Crippen molar-refractivity contribution in [3.63, 3.8) is 0 Å². The number of unbranched alkanes of at least 4 members (excludes halogenated alkanes) is 1. The number of aryl methyl sites for hydroxylation is 1. The van der Waals surface area contributed by atoms with Crippen LogP contribution in [0, 0.1) is 6.92 Å². The summed E-state index contributed by atoms with van der Waals surface area (Å²) in [5.74, 6) is -0.596.